The van der Waals surface area contributed by atoms with Gasteiger partial charge in [0.25, 0.3) is 11.8 Å². The first-order valence-electron chi connectivity index (χ1n) is 12.0. The van der Waals surface area contributed by atoms with Crippen LogP contribution in [0.3, 0.4) is 0 Å². The Morgan fingerprint density at radius 3 is 2.32 bits per heavy atom. The number of ether oxygens (including phenoxy) is 1. The number of benzene rings is 3. The van der Waals surface area contributed by atoms with Gasteiger partial charge in [-0.3, -0.25) is 19.4 Å². The normalized spacial score (nSPS) is 20.8. The first-order valence-corrected chi connectivity index (χ1v) is 12.8. The van der Waals surface area contributed by atoms with Crippen LogP contribution in [-0.4, -0.2) is 49.5 Å². The van der Waals surface area contributed by atoms with Gasteiger partial charge in [0.1, 0.15) is 11.8 Å². The molecule has 0 aliphatic carbocycles. The minimum Gasteiger partial charge on any atom is -0.494 e. The van der Waals surface area contributed by atoms with E-state index >= 15 is 0 Å². The number of hydrogen-bond donors (Lipinski definition) is 1. The van der Waals surface area contributed by atoms with E-state index in [2.05, 4.69) is 21.4 Å². The topological polar surface area (TPSA) is 82.2 Å². The summed E-state index contributed by atoms with van der Waals surface area (Å²) in [7, 11) is 3.90. The molecule has 9 heteroatoms. The first kappa shape index (κ1) is 25.0. The molecule has 3 atom stereocenters. The molecule has 0 radical (unpaired) electrons. The van der Waals surface area contributed by atoms with E-state index in [-0.39, 0.29) is 11.8 Å². The van der Waals surface area contributed by atoms with Crippen molar-refractivity contribution in [1.82, 2.24) is 10.4 Å². The zero-order chi connectivity index (χ0) is 26.3. The zero-order valence-electron chi connectivity index (χ0n) is 20.7. The van der Waals surface area contributed by atoms with Crippen LogP contribution in [-0.2, 0) is 9.59 Å². The van der Waals surface area contributed by atoms with E-state index in [1.165, 1.54) is 9.91 Å². The molecule has 2 aliphatic heterocycles. The van der Waals surface area contributed by atoms with Gasteiger partial charge in [0, 0.05) is 29.8 Å². The summed E-state index contributed by atoms with van der Waals surface area (Å²) in [6, 6.07) is 20.0. The predicted octanol–water partition coefficient (Wildman–Crippen LogP) is 4.17. The maximum Gasteiger partial charge on any atom is 0.268 e. The standard InChI is InChI=1S/C28H27BrN4O4/c1-4-37-22-14-12-21(13-15-22)32-27(35)23-24(17-8-10-20(11-9-17)31(2)3)30-33(25(23)28(32)36)26(34)18-6-5-7-19(29)16-18/h5-16,23-25,30H,4H2,1-3H3. The molecule has 1 N–H and O–H groups in total. The van der Waals surface area contributed by atoms with Crippen molar-refractivity contribution in [2.24, 2.45) is 5.92 Å². The number of hydrazine groups is 1. The average molecular weight is 563 g/mol. The highest BCUT2D eigenvalue weighted by Gasteiger charge is 2.60. The van der Waals surface area contributed by atoms with Gasteiger partial charge in [0.2, 0.25) is 5.91 Å². The SMILES string of the molecule is CCOc1ccc(N2C(=O)C3C(c4ccc(N(C)C)cc4)NN(C(=O)c4cccc(Br)c4)C3C2=O)cc1. The number of rotatable bonds is 6. The summed E-state index contributed by atoms with van der Waals surface area (Å²) in [6.45, 7) is 2.40. The number of nitrogens with one attached hydrogen (secondary N) is 1. The Morgan fingerprint density at radius 2 is 1.70 bits per heavy atom. The highest BCUT2D eigenvalue weighted by molar-refractivity contribution is 9.10. The summed E-state index contributed by atoms with van der Waals surface area (Å²) in [5.74, 6) is -1.29. The number of carbonyl (C=O) groups is 3. The molecule has 3 unspecified atom stereocenters. The molecule has 0 saturated carbocycles. The molecule has 3 aromatic rings. The van der Waals surface area contributed by atoms with E-state index in [9.17, 15) is 14.4 Å². The van der Waals surface area contributed by atoms with Crippen LogP contribution in [0.15, 0.2) is 77.3 Å². The van der Waals surface area contributed by atoms with Gasteiger partial charge in [0.05, 0.1) is 24.3 Å². The number of hydrogen-bond acceptors (Lipinski definition) is 6. The van der Waals surface area contributed by atoms with Crippen molar-refractivity contribution in [1.29, 1.82) is 0 Å². The number of carbonyl (C=O) groups excluding carboxylic acids is 3. The second kappa shape index (κ2) is 9.99. The van der Waals surface area contributed by atoms with Crippen LogP contribution in [0.4, 0.5) is 11.4 Å². The van der Waals surface area contributed by atoms with Gasteiger partial charge in [-0.2, -0.15) is 0 Å². The third kappa shape index (κ3) is 4.49. The lowest BCUT2D eigenvalue weighted by Crippen LogP contribution is -2.48. The van der Waals surface area contributed by atoms with Gasteiger partial charge >= 0.3 is 0 Å². The Kier molecular flexibility index (Phi) is 6.74. The Bertz CT molecular complexity index is 1340. The van der Waals surface area contributed by atoms with Gasteiger partial charge in [-0.15, -0.1) is 0 Å². The summed E-state index contributed by atoms with van der Waals surface area (Å²) in [5.41, 5.74) is 5.88. The molecule has 0 aromatic heterocycles. The van der Waals surface area contributed by atoms with Crippen molar-refractivity contribution < 1.29 is 19.1 Å². The predicted molar refractivity (Wildman–Crippen MR) is 144 cm³/mol. The smallest absolute Gasteiger partial charge is 0.268 e. The van der Waals surface area contributed by atoms with Gasteiger partial charge in [-0.1, -0.05) is 34.1 Å². The third-order valence-corrected chi connectivity index (χ3v) is 7.19. The highest BCUT2D eigenvalue weighted by Crippen LogP contribution is 2.42. The van der Waals surface area contributed by atoms with Crippen molar-refractivity contribution in [3.05, 3.63) is 88.4 Å². The average Bonchev–Trinajstić information content (AvgIpc) is 3.41. The molecule has 5 rings (SSSR count). The van der Waals surface area contributed by atoms with Crippen molar-refractivity contribution in [2.45, 2.75) is 19.0 Å². The Hall–Kier alpha value is -3.69. The van der Waals surface area contributed by atoms with Gasteiger partial charge in [-0.05, 0) is 67.1 Å². The van der Waals surface area contributed by atoms with Gasteiger partial charge in [-0.25, -0.2) is 10.3 Å². The third-order valence-electron chi connectivity index (χ3n) is 6.70. The second-order valence-electron chi connectivity index (χ2n) is 9.19. The summed E-state index contributed by atoms with van der Waals surface area (Å²) < 4.78 is 6.25. The van der Waals surface area contributed by atoms with Crippen LogP contribution in [0.25, 0.3) is 0 Å². The Morgan fingerprint density at radius 1 is 1.00 bits per heavy atom. The van der Waals surface area contributed by atoms with Crippen LogP contribution >= 0.6 is 15.9 Å². The van der Waals surface area contributed by atoms with E-state index in [0.29, 0.717) is 23.6 Å². The van der Waals surface area contributed by atoms with E-state index in [4.69, 9.17) is 4.74 Å². The Balaban J connectivity index is 1.54. The van der Waals surface area contributed by atoms with Gasteiger partial charge in [0.15, 0.2) is 0 Å². The summed E-state index contributed by atoms with van der Waals surface area (Å²) in [4.78, 5) is 44.4. The zero-order valence-corrected chi connectivity index (χ0v) is 22.3. The molecular formula is C28H27BrN4O4. The van der Waals surface area contributed by atoms with Crippen LogP contribution < -0.4 is 20.0 Å². The van der Waals surface area contributed by atoms with Crippen molar-refractivity contribution >= 4 is 45.0 Å². The maximum absolute atomic E-state index is 13.8. The Labute approximate surface area is 223 Å². The highest BCUT2D eigenvalue weighted by atomic mass is 79.9. The lowest BCUT2D eigenvalue weighted by molar-refractivity contribution is -0.123. The minimum atomic E-state index is -0.982. The fraction of sp³-hybridized carbons (Fsp3) is 0.250. The summed E-state index contributed by atoms with van der Waals surface area (Å²) >= 11 is 3.41. The number of anilines is 2. The molecule has 8 nitrogen and oxygen atoms in total. The molecule has 3 aromatic carbocycles. The van der Waals surface area contributed by atoms with E-state index in [1.807, 2.05) is 56.3 Å². The number of nitrogens with zero attached hydrogens (tertiary/aromatic N) is 3. The largest absolute Gasteiger partial charge is 0.494 e. The van der Waals surface area contributed by atoms with Crippen molar-refractivity contribution in [2.75, 3.05) is 30.5 Å². The maximum atomic E-state index is 13.8. The van der Waals surface area contributed by atoms with E-state index in [1.54, 1.807) is 42.5 Å². The number of fused-ring (bicyclic) bond motifs is 1. The molecule has 37 heavy (non-hydrogen) atoms. The molecule has 2 heterocycles. The summed E-state index contributed by atoms with van der Waals surface area (Å²) in [6.07, 6.45) is 0. The quantitative estimate of drug-likeness (QED) is 0.454. The molecular weight excluding hydrogens is 536 g/mol. The molecule has 2 aliphatic rings. The molecule has 2 saturated heterocycles. The monoisotopic (exact) mass is 562 g/mol. The van der Waals surface area contributed by atoms with Crippen LogP contribution in [0, 0.1) is 5.92 Å². The fourth-order valence-corrected chi connectivity index (χ4v) is 5.30. The second-order valence-corrected chi connectivity index (χ2v) is 10.1. The molecule has 2 fully saturated rings. The van der Waals surface area contributed by atoms with E-state index < -0.39 is 23.9 Å². The van der Waals surface area contributed by atoms with Crippen molar-refractivity contribution in [3.8, 4) is 5.75 Å². The fourth-order valence-electron chi connectivity index (χ4n) is 4.90. The van der Waals surface area contributed by atoms with Crippen LogP contribution in [0.1, 0.15) is 28.9 Å². The van der Waals surface area contributed by atoms with Crippen LogP contribution in [0.5, 0.6) is 5.75 Å². The minimum absolute atomic E-state index is 0.349. The number of halogens is 1. The molecule has 0 spiro atoms. The van der Waals surface area contributed by atoms with E-state index in [0.717, 1.165) is 15.7 Å². The lowest BCUT2D eigenvalue weighted by Gasteiger charge is -2.25. The molecule has 190 valence electrons. The lowest BCUT2D eigenvalue weighted by atomic mass is 9.90. The van der Waals surface area contributed by atoms with Crippen LogP contribution in [0.2, 0.25) is 0 Å². The van der Waals surface area contributed by atoms with Crippen molar-refractivity contribution in [3.63, 3.8) is 0 Å². The molecule has 0 bridgehead atoms. The first-order chi connectivity index (χ1) is 17.8. The number of amides is 3. The molecule has 3 amide bonds. The number of imide groups is 1. The van der Waals surface area contributed by atoms with Gasteiger partial charge < -0.3 is 9.64 Å². The summed E-state index contributed by atoms with van der Waals surface area (Å²) in [5, 5.41) is 1.33.